The highest BCUT2D eigenvalue weighted by molar-refractivity contribution is 6.33. The third kappa shape index (κ3) is 5.52. The van der Waals surface area contributed by atoms with Crippen LogP contribution in [0.1, 0.15) is 52.5 Å². The molecule has 0 radical (unpaired) electrons. The van der Waals surface area contributed by atoms with Gasteiger partial charge in [0.15, 0.2) is 0 Å². The molecule has 0 heterocycles. The minimum absolute atomic E-state index is 0.130. The van der Waals surface area contributed by atoms with Gasteiger partial charge in [-0.2, -0.15) is 0 Å². The Morgan fingerprint density at radius 1 is 1.29 bits per heavy atom. The second kappa shape index (κ2) is 7.02. The van der Waals surface area contributed by atoms with Crippen molar-refractivity contribution in [1.29, 1.82) is 0 Å². The molecule has 1 aromatic rings. The first-order valence-corrected chi connectivity index (χ1v) is 8.55. The van der Waals surface area contributed by atoms with E-state index < -0.39 is 0 Å². The van der Waals surface area contributed by atoms with Crippen LogP contribution in [0.15, 0.2) is 18.2 Å². The van der Waals surface area contributed by atoms with E-state index >= 15 is 0 Å². The highest BCUT2D eigenvalue weighted by Crippen LogP contribution is 2.34. The van der Waals surface area contributed by atoms with Gasteiger partial charge >= 0.3 is 0 Å². The van der Waals surface area contributed by atoms with Gasteiger partial charge in [-0.25, -0.2) is 0 Å². The number of anilines is 1. The van der Waals surface area contributed by atoms with Crippen LogP contribution in [0.3, 0.4) is 0 Å². The Balaban J connectivity index is 2.05. The van der Waals surface area contributed by atoms with E-state index in [4.69, 9.17) is 11.6 Å². The zero-order valence-electron chi connectivity index (χ0n) is 13.9. The maximum atomic E-state index is 6.54. The normalized spacial score (nSPS) is 15.3. The predicted molar refractivity (Wildman–Crippen MR) is 93.3 cm³/mol. The fourth-order valence-corrected chi connectivity index (χ4v) is 2.80. The van der Waals surface area contributed by atoms with Crippen LogP contribution in [0.5, 0.6) is 0 Å². The van der Waals surface area contributed by atoms with Gasteiger partial charge in [-0.05, 0) is 63.6 Å². The summed E-state index contributed by atoms with van der Waals surface area (Å²) in [4.78, 5) is 2.46. The summed E-state index contributed by atoms with van der Waals surface area (Å²) in [5.41, 5.74) is 2.58. The van der Waals surface area contributed by atoms with E-state index in [1.54, 1.807) is 0 Å². The van der Waals surface area contributed by atoms with E-state index in [9.17, 15) is 0 Å². The standard InChI is InChI=1S/C18H29ClN2/c1-5-10-21(13-14-6-7-14)17-9-8-15(11-16(17)19)12-20-18(2,3)4/h8-9,11,14,20H,5-7,10,12-13H2,1-4H3. The van der Waals surface area contributed by atoms with E-state index in [-0.39, 0.29) is 5.54 Å². The van der Waals surface area contributed by atoms with Crippen molar-refractivity contribution in [2.75, 3.05) is 18.0 Å². The van der Waals surface area contributed by atoms with Crippen molar-refractivity contribution in [3.63, 3.8) is 0 Å². The van der Waals surface area contributed by atoms with Crippen molar-refractivity contribution in [1.82, 2.24) is 5.32 Å². The molecule has 1 N–H and O–H groups in total. The third-order valence-electron chi connectivity index (χ3n) is 3.84. The van der Waals surface area contributed by atoms with Crippen molar-refractivity contribution in [2.24, 2.45) is 5.92 Å². The minimum Gasteiger partial charge on any atom is -0.370 e. The number of hydrogen-bond acceptors (Lipinski definition) is 2. The summed E-state index contributed by atoms with van der Waals surface area (Å²) in [6.07, 6.45) is 3.92. The molecule has 1 aliphatic rings. The molecule has 2 nitrogen and oxygen atoms in total. The number of rotatable bonds is 7. The van der Waals surface area contributed by atoms with Gasteiger partial charge in [0.05, 0.1) is 10.7 Å². The van der Waals surface area contributed by atoms with Crippen molar-refractivity contribution >= 4 is 17.3 Å². The average molecular weight is 309 g/mol. The molecule has 3 heteroatoms. The molecule has 0 spiro atoms. The van der Waals surface area contributed by atoms with E-state index in [1.807, 2.05) is 0 Å². The monoisotopic (exact) mass is 308 g/mol. The first-order valence-electron chi connectivity index (χ1n) is 8.17. The van der Waals surface area contributed by atoms with Crippen LogP contribution in [-0.2, 0) is 6.54 Å². The number of nitrogens with zero attached hydrogens (tertiary/aromatic N) is 1. The maximum Gasteiger partial charge on any atom is 0.0642 e. The fourth-order valence-electron chi connectivity index (χ4n) is 2.48. The molecule has 118 valence electrons. The van der Waals surface area contributed by atoms with E-state index in [0.717, 1.165) is 37.0 Å². The third-order valence-corrected chi connectivity index (χ3v) is 4.15. The molecule has 0 saturated heterocycles. The van der Waals surface area contributed by atoms with Crippen molar-refractivity contribution in [2.45, 2.75) is 59.0 Å². The first kappa shape index (κ1) is 16.6. The van der Waals surface area contributed by atoms with Crippen LogP contribution in [0, 0.1) is 5.92 Å². The van der Waals surface area contributed by atoms with Gasteiger partial charge in [0.2, 0.25) is 0 Å². The highest BCUT2D eigenvalue weighted by Gasteiger charge is 2.25. The molecular formula is C18H29ClN2. The molecule has 1 saturated carbocycles. The molecule has 21 heavy (non-hydrogen) atoms. The number of halogens is 1. The van der Waals surface area contributed by atoms with Gasteiger partial charge in [-0.15, -0.1) is 0 Å². The maximum absolute atomic E-state index is 6.54. The Kier molecular flexibility index (Phi) is 5.56. The van der Waals surface area contributed by atoms with Gasteiger partial charge < -0.3 is 10.2 Å². The molecule has 0 bridgehead atoms. The largest absolute Gasteiger partial charge is 0.370 e. The summed E-state index contributed by atoms with van der Waals surface area (Å²) in [5.74, 6) is 0.884. The second-order valence-electron chi connectivity index (χ2n) is 7.28. The lowest BCUT2D eigenvalue weighted by atomic mass is 10.1. The van der Waals surface area contributed by atoms with E-state index in [0.29, 0.717) is 0 Å². The van der Waals surface area contributed by atoms with Crippen molar-refractivity contribution in [3.05, 3.63) is 28.8 Å². The highest BCUT2D eigenvalue weighted by atomic mass is 35.5. The lowest BCUT2D eigenvalue weighted by Gasteiger charge is -2.26. The molecule has 0 atom stereocenters. The molecule has 0 unspecified atom stereocenters. The number of nitrogens with one attached hydrogen (secondary N) is 1. The van der Waals surface area contributed by atoms with Crippen molar-refractivity contribution in [3.8, 4) is 0 Å². The Morgan fingerprint density at radius 2 is 2.00 bits per heavy atom. The molecular weight excluding hydrogens is 280 g/mol. The lowest BCUT2D eigenvalue weighted by molar-refractivity contribution is 0.424. The Bertz CT molecular complexity index is 461. The summed E-state index contributed by atoms with van der Waals surface area (Å²) in [5, 5.41) is 4.40. The van der Waals surface area contributed by atoms with Gasteiger partial charge in [0.1, 0.15) is 0 Å². The van der Waals surface area contributed by atoms with Crippen LogP contribution < -0.4 is 10.2 Å². The van der Waals surface area contributed by atoms with Gasteiger partial charge in [0.25, 0.3) is 0 Å². The zero-order chi connectivity index (χ0) is 15.5. The first-order chi connectivity index (χ1) is 9.89. The Hall–Kier alpha value is -0.730. The fraction of sp³-hybridized carbons (Fsp3) is 0.667. The predicted octanol–water partition coefficient (Wildman–Crippen LogP) is 4.85. The van der Waals surface area contributed by atoms with Crippen LogP contribution >= 0.6 is 11.6 Å². The molecule has 1 fully saturated rings. The topological polar surface area (TPSA) is 15.3 Å². The average Bonchev–Trinajstić information content (AvgIpc) is 3.19. The SMILES string of the molecule is CCCN(CC1CC1)c1ccc(CNC(C)(C)C)cc1Cl. The zero-order valence-corrected chi connectivity index (χ0v) is 14.6. The molecule has 2 rings (SSSR count). The van der Waals surface area contributed by atoms with Gasteiger partial charge in [0, 0.05) is 25.2 Å². The summed E-state index contributed by atoms with van der Waals surface area (Å²) < 4.78 is 0. The van der Waals surface area contributed by atoms with E-state index in [2.05, 4.69) is 56.1 Å². The van der Waals surface area contributed by atoms with Crippen LogP contribution in [-0.4, -0.2) is 18.6 Å². The van der Waals surface area contributed by atoms with Crippen molar-refractivity contribution < 1.29 is 0 Å². The van der Waals surface area contributed by atoms with Gasteiger partial charge in [-0.3, -0.25) is 0 Å². The molecule has 0 amide bonds. The quantitative estimate of drug-likeness (QED) is 0.774. The summed E-state index contributed by atoms with van der Waals surface area (Å²) in [6.45, 7) is 11.9. The Morgan fingerprint density at radius 3 is 2.52 bits per heavy atom. The molecule has 1 aromatic carbocycles. The van der Waals surface area contributed by atoms with Crippen LogP contribution in [0.4, 0.5) is 5.69 Å². The molecule has 0 aliphatic heterocycles. The molecule has 0 aromatic heterocycles. The Labute approximate surface area is 134 Å². The smallest absolute Gasteiger partial charge is 0.0642 e. The number of benzene rings is 1. The summed E-state index contributed by atoms with van der Waals surface area (Å²) >= 11 is 6.54. The van der Waals surface area contributed by atoms with E-state index in [1.165, 1.54) is 24.1 Å². The lowest BCUT2D eigenvalue weighted by Crippen LogP contribution is -2.35. The van der Waals surface area contributed by atoms with Gasteiger partial charge in [-0.1, -0.05) is 24.6 Å². The minimum atomic E-state index is 0.130. The summed E-state index contributed by atoms with van der Waals surface area (Å²) in [7, 11) is 0. The van der Waals surface area contributed by atoms with Crippen LogP contribution in [0.2, 0.25) is 5.02 Å². The van der Waals surface area contributed by atoms with Crippen LogP contribution in [0.25, 0.3) is 0 Å². The number of hydrogen-bond donors (Lipinski definition) is 1. The molecule has 1 aliphatic carbocycles. The second-order valence-corrected chi connectivity index (χ2v) is 7.69. The summed E-state index contributed by atoms with van der Waals surface area (Å²) in [6, 6.07) is 6.51.